The monoisotopic (exact) mass is 263 g/mol. The maximum Gasteiger partial charge on any atom is 0.253 e. The number of carbonyl (C=O) groups excluding carboxylic acids is 1. The summed E-state index contributed by atoms with van der Waals surface area (Å²) >= 11 is 0. The first kappa shape index (κ1) is 13.4. The van der Waals surface area contributed by atoms with Crippen LogP contribution in [0.2, 0.25) is 0 Å². The highest BCUT2D eigenvalue weighted by molar-refractivity contribution is 6.07. The van der Waals surface area contributed by atoms with E-state index in [4.69, 9.17) is 10.5 Å². The maximum absolute atomic E-state index is 12.0. The van der Waals surface area contributed by atoms with Gasteiger partial charge in [0.05, 0.1) is 18.3 Å². The molecule has 1 heterocycles. The summed E-state index contributed by atoms with van der Waals surface area (Å²) in [5, 5.41) is 12.9. The lowest BCUT2D eigenvalue weighted by molar-refractivity contribution is 0.0610. The Kier molecular flexibility index (Phi) is 4.03. The van der Waals surface area contributed by atoms with E-state index < -0.39 is 6.10 Å². The fraction of sp³-hybridized carbons (Fsp3) is 0.308. The standard InChI is InChI=1S/C13H17N3O3/c1-19-7-9(17)5-16-13(18)11-6-15-12-3-2-8(14)4-10(11)12/h2-4,6,9,15,17H,5,7,14H2,1H3,(H,16,18). The Morgan fingerprint density at radius 1 is 1.58 bits per heavy atom. The Hall–Kier alpha value is -2.05. The van der Waals surface area contributed by atoms with E-state index in [-0.39, 0.29) is 19.1 Å². The molecule has 6 nitrogen and oxygen atoms in total. The number of methoxy groups -OCH3 is 1. The molecule has 0 aliphatic heterocycles. The van der Waals surface area contributed by atoms with Gasteiger partial charge in [-0.3, -0.25) is 4.79 Å². The number of benzene rings is 1. The molecule has 1 amide bonds. The van der Waals surface area contributed by atoms with Crippen LogP contribution in [-0.2, 0) is 4.74 Å². The molecule has 5 N–H and O–H groups in total. The number of hydrogen-bond donors (Lipinski definition) is 4. The third-order valence-electron chi connectivity index (χ3n) is 2.81. The van der Waals surface area contributed by atoms with E-state index in [0.717, 1.165) is 10.9 Å². The number of nitrogen functional groups attached to an aromatic ring is 1. The van der Waals surface area contributed by atoms with Crippen LogP contribution in [0.3, 0.4) is 0 Å². The third-order valence-corrected chi connectivity index (χ3v) is 2.81. The fourth-order valence-electron chi connectivity index (χ4n) is 1.88. The second-order valence-electron chi connectivity index (χ2n) is 4.33. The molecule has 102 valence electrons. The van der Waals surface area contributed by atoms with Crippen molar-refractivity contribution in [2.75, 3.05) is 26.0 Å². The largest absolute Gasteiger partial charge is 0.399 e. The van der Waals surface area contributed by atoms with E-state index in [1.165, 1.54) is 7.11 Å². The molecule has 0 aliphatic rings. The van der Waals surface area contributed by atoms with Gasteiger partial charge in [-0.15, -0.1) is 0 Å². The van der Waals surface area contributed by atoms with E-state index in [1.54, 1.807) is 18.3 Å². The van der Waals surface area contributed by atoms with Gasteiger partial charge < -0.3 is 25.9 Å². The molecule has 1 aromatic heterocycles. The Morgan fingerprint density at radius 3 is 3.11 bits per heavy atom. The van der Waals surface area contributed by atoms with Crippen LogP contribution in [0.4, 0.5) is 5.69 Å². The summed E-state index contributed by atoms with van der Waals surface area (Å²) in [5.74, 6) is -0.257. The van der Waals surface area contributed by atoms with E-state index in [1.807, 2.05) is 6.07 Å². The van der Waals surface area contributed by atoms with Gasteiger partial charge >= 0.3 is 0 Å². The van der Waals surface area contributed by atoms with Crippen molar-refractivity contribution in [1.29, 1.82) is 0 Å². The Balaban J connectivity index is 2.11. The van der Waals surface area contributed by atoms with Gasteiger partial charge in [-0.05, 0) is 18.2 Å². The molecule has 0 spiro atoms. The minimum atomic E-state index is -0.718. The van der Waals surface area contributed by atoms with Gasteiger partial charge in [-0.2, -0.15) is 0 Å². The molecule has 1 atom stereocenters. The Labute approximate surface area is 110 Å². The van der Waals surface area contributed by atoms with E-state index in [0.29, 0.717) is 11.3 Å². The summed E-state index contributed by atoms with van der Waals surface area (Å²) in [6, 6.07) is 5.33. The topological polar surface area (TPSA) is 100 Å². The van der Waals surface area contributed by atoms with Gasteiger partial charge in [0.2, 0.25) is 0 Å². The van der Waals surface area contributed by atoms with Gasteiger partial charge in [0.1, 0.15) is 0 Å². The zero-order valence-corrected chi connectivity index (χ0v) is 10.6. The Morgan fingerprint density at radius 2 is 2.37 bits per heavy atom. The molecular weight excluding hydrogens is 246 g/mol. The number of rotatable bonds is 5. The van der Waals surface area contributed by atoms with Gasteiger partial charge in [0.25, 0.3) is 5.91 Å². The summed E-state index contributed by atoms with van der Waals surface area (Å²) < 4.78 is 4.79. The van der Waals surface area contributed by atoms with Crippen LogP contribution < -0.4 is 11.1 Å². The van der Waals surface area contributed by atoms with Gasteiger partial charge in [0.15, 0.2) is 0 Å². The van der Waals surface area contributed by atoms with Crippen LogP contribution in [0.15, 0.2) is 24.4 Å². The predicted octanol–water partition coefficient (Wildman–Crippen LogP) is 0.487. The molecule has 0 fully saturated rings. The Bertz CT molecular complexity index is 580. The number of ether oxygens (including phenoxy) is 1. The zero-order valence-electron chi connectivity index (χ0n) is 10.6. The number of nitrogens with two attached hydrogens (primary N) is 1. The van der Waals surface area contributed by atoms with E-state index in [9.17, 15) is 9.90 Å². The van der Waals surface area contributed by atoms with Crippen LogP contribution in [0.25, 0.3) is 10.9 Å². The summed E-state index contributed by atoms with van der Waals surface area (Å²) in [5.41, 5.74) is 7.66. The van der Waals surface area contributed by atoms with Gasteiger partial charge in [-0.25, -0.2) is 0 Å². The molecule has 2 aromatic rings. The smallest absolute Gasteiger partial charge is 0.253 e. The van der Waals surface area contributed by atoms with Crippen molar-refractivity contribution in [3.8, 4) is 0 Å². The van der Waals surface area contributed by atoms with Gasteiger partial charge in [0, 0.05) is 36.4 Å². The normalized spacial score (nSPS) is 12.5. The highest BCUT2D eigenvalue weighted by atomic mass is 16.5. The second-order valence-corrected chi connectivity index (χ2v) is 4.33. The molecule has 0 bridgehead atoms. The van der Waals surface area contributed by atoms with Crippen LogP contribution in [0, 0.1) is 0 Å². The maximum atomic E-state index is 12.0. The number of anilines is 1. The average Bonchev–Trinajstić information content (AvgIpc) is 2.79. The highest BCUT2D eigenvalue weighted by Gasteiger charge is 2.13. The first-order chi connectivity index (χ1) is 9.11. The minimum Gasteiger partial charge on any atom is -0.399 e. The summed E-state index contributed by atoms with van der Waals surface area (Å²) in [7, 11) is 1.49. The fourth-order valence-corrected chi connectivity index (χ4v) is 1.88. The first-order valence-electron chi connectivity index (χ1n) is 5.93. The van der Waals surface area contributed by atoms with E-state index >= 15 is 0 Å². The predicted molar refractivity (Wildman–Crippen MR) is 72.9 cm³/mol. The number of H-pyrrole nitrogens is 1. The van der Waals surface area contributed by atoms with Crippen LogP contribution >= 0.6 is 0 Å². The summed E-state index contributed by atoms with van der Waals surface area (Å²) in [4.78, 5) is 15.0. The second kappa shape index (κ2) is 5.73. The third kappa shape index (κ3) is 3.04. The molecule has 1 aromatic carbocycles. The minimum absolute atomic E-state index is 0.141. The van der Waals surface area contributed by atoms with Crippen LogP contribution in [-0.4, -0.2) is 42.4 Å². The lowest BCUT2D eigenvalue weighted by Gasteiger charge is -2.10. The van der Waals surface area contributed by atoms with Crippen LogP contribution in [0.5, 0.6) is 0 Å². The molecule has 6 heteroatoms. The van der Waals surface area contributed by atoms with Crippen molar-refractivity contribution in [2.45, 2.75) is 6.10 Å². The number of aromatic nitrogens is 1. The van der Waals surface area contributed by atoms with Crippen molar-refractivity contribution in [3.05, 3.63) is 30.0 Å². The summed E-state index contributed by atoms with van der Waals surface area (Å²) in [6.45, 7) is 0.322. The molecule has 0 radical (unpaired) electrons. The first-order valence-corrected chi connectivity index (χ1v) is 5.93. The van der Waals surface area contributed by atoms with Crippen molar-refractivity contribution in [2.24, 2.45) is 0 Å². The quantitative estimate of drug-likeness (QED) is 0.590. The number of amides is 1. The molecule has 1 unspecified atom stereocenters. The van der Waals surface area contributed by atoms with E-state index in [2.05, 4.69) is 10.3 Å². The molecule has 0 saturated carbocycles. The number of hydrogen-bond acceptors (Lipinski definition) is 4. The molecular formula is C13H17N3O3. The lowest BCUT2D eigenvalue weighted by Crippen LogP contribution is -2.34. The van der Waals surface area contributed by atoms with Crippen molar-refractivity contribution < 1.29 is 14.6 Å². The number of aromatic amines is 1. The van der Waals surface area contributed by atoms with Crippen LogP contribution in [0.1, 0.15) is 10.4 Å². The van der Waals surface area contributed by atoms with Crippen molar-refractivity contribution in [1.82, 2.24) is 10.3 Å². The highest BCUT2D eigenvalue weighted by Crippen LogP contribution is 2.20. The average molecular weight is 263 g/mol. The zero-order chi connectivity index (χ0) is 13.8. The van der Waals surface area contributed by atoms with Crippen molar-refractivity contribution in [3.63, 3.8) is 0 Å². The number of aliphatic hydroxyl groups is 1. The number of nitrogens with one attached hydrogen (secondary N) is 2. The summed E-state index contributed by atoms with van der Waals surface area (Å²) in [6.07, 6.45) is 0.909. The number of aliphatic hydroxyl groups excluding tert-OH is 1. The number of carbonyl (C=O) groups is 1. The molecule has 0 aliphatic carbocycles. The lowest BCUT2D eigenvalue weighted by atomic mass is 10.1. The molecule has 0 saturated heterocycles. The molecule has 2 rings (SSSR count). The molecule has 19 heavy (non-hydrogen) atoms. The van der Waals surface area contributed by atoms with Crippen molar-refractivity contribution >= 4 is 22.5 Å². The number of fused-ring (bicyclic) bond motifs is 1. The SMILES string of the molecule is COCC(O)CNC(=O)c1c[nH]c2ccc(N)cc12. The van der Waals surface area contributed by atoms with Gasteiger partial charge in [-0.1, -0.05) is 0 Å².